The van der Waals surface area contributed by atoms with Gasteiger partial charge >= 0.3 is 6.18 Å². The van der Waals surface area contributed by atoms with E-state index < -0.39 is 27.9 Å². The zero-order valence-corrected chi connectivity index (χ0v) is 25.6. The van der Waals surface area contributed by atoms with E-state index in [0.29, 0.717) is 25.8 Å². The Morgan fingerprint density at radius 3 is 2.53 bits per heavy atom. The van der Waals surface area contributed by atoms with Crippen LogP contribution in [0.2, 0.25) is 5.02 Å². The number of sulfone groups is 1. The summed E-state index contributed by atoms with van der Waals surface area (Å²) in [5, 5.41) is 3.25. The number of hydrogen-bond donors (Lipinski definition) is 1. The Bertz CT molecular complexity index is 1590. The molecule has 4 atom stereocenters. The number of nitrogens with one attached hydrogen (secondary N) is 1. The SMILES string of the molecule is CC(C)N(C)[C@@H]1CC[C@H](N2CC[C@H](Nc3nc(C(F)(F)F)nc4ncc(Cl)cc34)C2=O)[C@H](CS(=O)(=O)c2ccccc2)C1. The van der Waals surface area contributed by atoms with E-state index in [2.05, 4.69) is 39.0 Å². The van der Waals surface area contributed by atoms with E-state index in [1.165, 1.54) is 12.3 Å². The molecule has 1 saturated carbocycles. The molecule has 1 amide bonds. The maximum Gasteiger partial charge on any atom is 0.451 e. The third-order valence-electron chi connectivity index (χ3n) is 8.56. The number of rotatable bonds is 8. The van der Waals surface area contributed by atoms with Crippen LogP contribution in [0.4, 0.5) is 19.0 Å². The number of carbonyl (C=O) groups is 1. The van der Waals surface area contributed by atoms with Gasteiger partial charge in [0, 0.05) is 30.9 Å². The van der Waals surface area contributed by atoms with Gasteiger partial charge in [0.15, 0.2) is 15.5 Å². The van der Waals surface area contributed by atoms with Crippen molar-refractivity contribution in [2.75, 3.05) is 24.7 Å². The highest BCUT2D eigenvalue weighted by Crippen LogP contribution is 2.37. The maximum absolute atomic E-state index is 13.8. The molecule has 14 heteroatoms. The van der Waals surface area contributed by atoms with E-state index in [1.807, 2.05) is 7.05 Å². The first kappa shape index (κ1) is 31.4. The zero-order chi connectivity index (χ0) is 31.1. The van der Waals surface area contributed by atoms with Gasteiger partial charge in [-0.2, -0.15) is 13.2 Å². The fourth-order valence-corrected chi connectivity index (χ4v) is 8.01. The van der Waals surface area contributed by atoms with Crippen LogP contribution in [0.1, 0.15) is 45.4 Å². The lowest BCUT2D eigenvalue weighted by Crippen LogP contribution is -2.52. The topological polar surface area (TPSA) is 108 Å². The Kier molecular flexibility index (Phi) is 8.88. The average Bonchev–Trinajstić information content (AvgIpc) is 3.31. The van der Waals surface area contributed by atoms with Crippen LogP contribution >= 0.6 is 11.6 Å². The van der Waals surface area contributed by atoms with Gasteiger partial charge < -0.3 is 15.1 Å². The summed E-state index contributed by atoms with van der Waals surface area (Å²) in [7, 11) is -1.60. The third-order valence-corrected chi connectivity index (χ3v) is 10.6. The number of aromatic nitrogens is 3. The van der Waals surface area contributed by atoms with E-state index in [-0.39, 0.29) is 62.5 Å². The summed E-state index contributed by atoms with van der Waals surface area (Å²) in [5.74, 6) is -2.30. The second-order valence-corrected chi connectivity index (χ2v) is 14.1. The van der Waals surface area contributed by atoms with Crippen LogP contribution in [0.25, 0.3) is 11.0 Å². The predicted molar refractivity (Wildman–Crippen MR) is 157 cm³/mol. The first-order valence-corrected chi connectivity index (χ1v) is 16.2. The molecule has 232 valence electrons. The molecule has 2 fully saturated rings. The monoisotopic (exact) mass is 638 g/mol. The molecule has 2 aromatic heterocycles. The van der Waals surface area contributed by atoms with Gasteiger partial charge in [0.2, 0.25) is 11.7 Å². The lowest BCUT2D eigenvalue weighted by atomic mass is 9.81. The quantitative estimate of drug-likeness (QED) is 0.365. The van der Waals surface area contributed by atoms with Gasteiger partial charge in [0.05, 0.1) is 21.1 Å². The first-order chi connectivity index (χ1) is 20.2. The molecule has 1 saturated heterocycles. The van der Waals surface area contributed by atoms with Crippen molar-refractivity contribution in [2.45, 2.75) is 74.8 Å². The van der Waals surface area contributed by atoms with Gasteiger partial charge in [-0.05, 0) is 70.7 Å². The van der Waals surface area contributed by atoms with Crippen molar-refractivity contribution >= 4 is 44.2 Å². The van der Waals surface area contributed by atoms with E-state index in [9.17, 15) is 26.4 Å². The number of fused-ring (bicyclic) bond motifs is 1. The van der Waals surface area contributed by atoms with Gasteiger partial charge in [0.1, 0.15) is 11.9 Å². The Labute approximate surface area is 253 Å². The van der Waals surface area contributed by atoms with Crippen LogP contribution < -0.4 is 5.32 Å². The summed E-state index contributed by atoms with van der Waals surface area (Å²) in [4.78, 5) is 29.1. The van der Waals surface area contributed by atoms with E-state index >= 15 is 0 Å². The maximum atomic E-state index is 13.8. The van der Waals surface area contributed by atoms with Crippen LogP contribution in [0.5, 0.6) is 0 Å². The van der Waals surface area contributed by atoms with Crippen LogP contribution in [-0.2, 0) is 20.8 Å². The van der Waals surface area contributed by atoms with Crippen LogP contribution in [0.15, 0.2) is 47.5 Å². The minimum atomic E-state index is -4.82. The van der Waals surface area contributed by atoms with E-state index in [0.717, 1.165) is 6.42 Å². The molecule has 1 aromatic carbocycles. The van der Waals surface area contributed by atoms with Gasteiger partial charge in [-0.3, -0.25) is 4.79 Å². The standard InChI is InChI=1S/C29H34ClF3N6O3S/c1-17(2)38(3)20-9-10-24(18(13-20)16-43(41,42)21-7-5-4-6-8-21)39-12-11-23(27(39)40)35-26-22-14-19(30)15-34-25(22)36-28(37-26)29(31,32)33/h4-8,14-15,17-18,20,23-24H,9-13,16H2,1-3H3,(H,34,35,36,37)/t18-,20+,23-,24-/m0/s1. The number of halogens is 4. The van der Waals surface area contributed by atoms with Crippen molar-refractivity contribution in [2.24, 2.45) is 5.92 Å². The van der Waals surface area contributed by atoms with E-state index in [1.54, 1.807) is 35.2 Å². The van der Waals surface area contributed by atoms with Crippen molar-refractivity contribution < 1.29 is 26.4 Å². The molecule has 9 nitrogen and oxygen atoms in total. The minimum absolute atomic E-state index is 0.109. The van der Waals surface area contributed by atoms with Crippen LogP contribution in [-0.4, -0.2) is 82.6 Å². The van der Waals surface area contributed by atoms with Crippen molar-refractivity contribution in [1.29, 1.82) is 0 Å². The molecule has 43 heavy (non-hydrogen) atoms. The normalized spacial score (nSPS) is 23.5. The lowest BCUT2D eigenvalue weighted by Gasteiger charge is -2.44. The molecule has 5 rings (SSSR count). The number of nitrogens with zero attached hydrogens (tertiary/aromatic N) is 5. The molecule has 3 aromatic rings. The van der Waals surface area contributed by atoms with Gasteiger partial charge in [-0.15, -0.1) is 0 Å². The summed E-state index contributed by atoms with van der Waals surface area (Å²) in [6, 6.07) is 8.91. The number of carbonyl (C=O) groups excluding carboxylic acids is 1. The number of anilines is 1. The highest BCUT2D eigenvalue weighted by Gasteiger charge is 2.44. The molecule has 1 aliphatic carbocycles. The average molecular weight is 639 g/mol. The van der Waals surface area contributed by atoms with Gasteiger partial charge in [-0.25, -0.2) is 23.4 Å². The Morgan fingerprint density at radius 2 is 1.86 bits per heavy atom. The largest absolute Gasteiger partial charge is 0.451 e. The molecule has 2 aliphatic rings. The number of alkyl halides is 3. The smallest absolute Gasteiger partial charge is 0.358 e. The van der Waals surface area contributed by atoms with Crippen LogP contribution in [0.3, 0.4) is 0 Å². The molecular formula is C29H34ClF3N6O3S. The molecular weight excluding hydrogens is 605 g/mol. The lowest BCUT2D eigenvalue weighted by molar-refractivity contribution is -0.144. The summed E-state index contributed by atoms with van der Waals surface area (Å²) < 4.78 is 67.7. The van der Waals surface area contributed by atoms with Crippen molar-refractivity contribution in [3.63, 3.8) is 0 Å². The van der Waals surface area contributed by atoms with Crippen molar-refractivity contribution in [3.05, 3.63) is 53.4 Å². The molecule has 0 unspecified atom stereocenters. The van der Waals surface area contributed by atoms with Crippen molar-refractivity contribution in [3.8, 4) is 0 Å². The molecule has 1 aliphatic heterocycles. The molecule has 0 bridgehead atoms. The molecule has 0 spiro atoms. The summed E-state index contributed by atoms with van der Waals surface area (Å²) in [6.07, 6.45) is -1.31. The number of likely N-dealkylation sites (tertiary alicyclic amines) is 1. The number of hydrogen-bond acceptors (Lipinski definition) is 8. The highest BCUT2D eigenvalue weighted by molar-refractivity contribution is 7.91. The van der Waals surface area contributed by atoms with E-state index in [4.69, 9.17) is 11.6 Å². The Hall–Kier alpha value is -3.03. The third kappa shape index (κ3) is 6.73. The zero-order valence-electron chi connectivity index (χ0n) is 24.1. The van der Waals surface area contributed by atoms with Crippen LogP contribution in [0, 0.1) is 5.92 Å². The molecule has 1 N–H and O–H groups in total. The fourth-order valence-electron chi connectivity index (χ4n) is 6.16. The summed E-state index contributed by atoms with van der Waals surface area (Å²) in [5.41, 5.74) is -0.199. The molecule has 3 heterocycles. The number of pyridine rings is 1. The second kappa shape index (κ2) is 12.2. The number of benzene rings is 1. The van der Waals surface area contributed by atoms with Gasteiger partial charge in [0.25, 0.3) is 0 Å². The minimum Gasteiger partial charge on any atom is -0.358 e. The first-order valence-electron chi connectivity index (χ1n) is 14.2. The van der Waals surface area contributed by atoms with Gasteiger partial charge in [-0.1, -0.05) is 29.8 Å². The Morgan fingerprint density at radius 1 is 1.14 bits per heavy atom. The number of amides is 1. The highest BCUT2D eigenvalue weighted by atomic mass is 35.5. The Balaban J connectivity index is 1.41. The summed E-state index contributed by atoms with van der Waals surface area (Å²) in [6.45, 7) is 4.51. The summed E-state index contributed by atoms with van der Waals surface area (Å²) >= 11 is 6.06. The second-order valence-electron chi connectivity index (χ2n) is 11.6. The van der Waals surface area contributed by atoms with Crippen molar-refractivity contribution in [1.82, 2.24) is 24.8 Å². The predicted octanol–water partition coefficient (Wildman–Crippen LogP) is 5.06. The molecule has 0 radical (unpaired) electrons. The fraction of sp³-hybridized carbons (Fsp3) is 0.517.